The van der Waals surface area contributed by atoms with Gasteiger partial charge in [0.15, 0.2) is 0 Å². The number of hydrogen-bond acceptors (Lipinski definition) is 8. The Labute approximate surface area is 235 Å². The molecule has 14 heteroatoms. The second-order valence-electron chi connectivity index (χ2n) is 10.7. The Morgan fingerprint density at radius 3 is 2.44 bits per heavy atom. The largest absolute Gasteiger partial charge is 0.444 e. The van der Waals surface area contributed by atoms with E-state index in [2.05, 4.69) is 25.7 Å². The van der Waals surface area contributed by atoms with Gasteiger partial charge in [-0.2, -0.15) is 5.10 Å². The van der Waals surface area contributed by atoms with E-state index in [9.17, 15) is 23.2 Å². The average Bonchev–Trinajstić information content (AvgIpc) is 3.39. The first kappa shape index (κ1) is 29.7. The van der Waals surface area contributed by atoms with E-state index in [-0.39, 0.29) is 50.3 Å². The molecule has 2 aliphatic rings. The number of halogens is 3. The molecule has 1 saturated heterocycles. The van der Waals surface area contributed by atoms with Crippen molar-refractivity contribution < 1.29 is 32.3 Å². The van der Waals surface area contributed by atoms with Crippen LogP contribution in [0.4, 0.5) is 23.8 Å². The number of hydrazone groups is 1. The van der Waals surface area contributed by atoms with Crippen LogP contribution in [0.2, 0.25) is 0 Å². The second-order valence-corrected chi connectivity index (χ2v) is 10.7. The fourth-order valence-corrected chi connectivity index (χ4v) is 4.62. The first-order valence-corrected chi connectivity index (χ1v) is 13.2. The van der Waals surface area contributed by atoms with Gasteiger partial charge in [-0.25, -0.2) is 32.9 Å². The Bertz CT molecular complexity index is 1300. The lowest BCUT2D eigenvalue weighted by Crippen LogP contribution is -2.48. The van der Waals surface area contributed by atoms with Gasteiger partial charge in [-0.3, -0.25) is 9.59 Å². The van der Waals surface area contributed by atoms with Crippen LogP contribution in [-0.4, -0.2) is 77.1 Å². The molecule has 3 amide bonds. The number of aromatic nitrogens is 2. The molecule has 1 fully saturated rings. The van der Waals surface area contributed by atoms with Gasteiger partial charge in [0, 0.05) is 44.4 Å². The van der Waals surface area contributed by atoms with Gasteiger partial charge < -0.3 is 20.3 Å². The number of alkyl carbamates (subject to hydrolysis) is 1. The zero-order chi connectivity index (χ0) is 29.7. The predicted molar refractivity (Wildman–Crippen MR) is 143 cm³/mol. The number of hydrogen-bond donors (Lipinski definition) is 2. The fourth-order valence-electron chi connectivity index (χ4n) is 4.62. The number of benzene rings is 1. The maximum absolute atomic E-state index is 15.3. The number of anilines is 1. The van der Waals surface area contributed by atoms with E-state index < -0.39 is 53.3 Å². The summed E-state index contributed by atoms with van der Waals surface area (Å²) in [4.78, 5) is 47.2. The van der Waals surface area contributed by atoms with Gasteiger partial charge in [0.1, 0.15) is 41.2 Å². The third kappa shape index (κ3) is 7.70. The highest BCUT2D eigenvalue weighted by molar-refractivity contribution is 5.93. The lowest BCUT2D eigenvalue weighted by molar-refractivity contribution is -0.140. The molecule has 2 aliphatic heterocycles. The van der Waals surface area contributed by atoms with Crippen molar-refractivity contribution in [1.82, 2.24) is 25.6 Å². The van der Waals surface area contributed by atoms with Crippen molar-refractivity contribution in [3.63, 3.8) is 0 Å². The summed E-state index contributed by atoms with van der Waals surface area (Å²) < 4.78 is 48.0. The molecule has 3 atom stereocenters. The van der Waals surface area contributed by atoms with Crippen molar-refractivity contribution >= 4 is 29.9 Å². The molecule has 1 aromatic carbocycles. The van der Waals surface area contributed by atoms with E-state index in [4.69, 9.17) is 4.74 Å². The Morgan fingerprint density at radius 2 is 1.76 bits per heavy atom. The summed E-state index contributed by atoms with van der Waals surface area (Å²) in [5.74, 6) is -3.31. The van der Waals surface area contributed by atoms with Gasteiger partial charge in [0.25, 0.3) is 5.91 Å². The Morgan fingerprint density at radius 1 is 1.05 bits per heavy atom. The second kappa shape index (κ2) is 12.5. The Hall–Kier alpha value is -4.23. The van der Waals surface area contributed by atoms with Crippen molar-refractivity contribution in [1.29, 1.82) is 0 Å². The van der Waals surface area contributed by atoms with Crippen LogP contribution in [0.5, 0.6) is 0 Å². The number of alkyl halides is 1. The third-order valence-corrected chi connectivity index (χ3v) is 6.47. The third-order valence-electron chi connectivity index (χ3n) is 6.47. The minimum atomic E-state index is -1.58. The zero-order valence-corrected chi connectivity index (χ0v) is 22.9. The van der Waals surface area contributed by atoms with Crippen molar-refractivity contribution in [2.24, 2.45) is 11.0 Å². The molecule has 220 valence electrons. The molecular weight excluding hydrogens is 543 g/mol. The van der Waals surface area contributed by atoms with Crippen LogP contribution in [0.3, 0.4) is 0 Å². The lowest BCUT2D eigenvalue weighted by atomic mass is 9.92. The quantitative estimate of drug-likeness (QED) is 0.486. The molecule has 3 heterocycles. The number of amides is 3. The highest BCUT2D eigenvalue weighted by Crippen LogP contribution is 2.34. The monoisotopic (exact) mass is 575 g/mol. The standard InChI is InChI=1S/C27H32F3N7O4/c1-27(2,3)41-26(40)32-8-7-31-24(38)21-13-23(34-15-33-21)36-9-5-19(20(30)14-36)25(39)37-22(4-6-35-37)16-10-17(28)12-18(29)11-16/h6,10-13,15,19-20,22H,4-5,7-9,14H2,1-3H3,(H,31,38)(H,32,40)/t19-,20+,22+/m1/s1. The maximum atomic E-state index is 15.3. The number of piperidine rings is 1. The molecular formula is C27H32F3N7O4. The van der Waals surface area contributed by atoms with E-state index in [0.717, 1.165) is 23.2 Å². The molecule has 0 saturated carbocycles. The van der Waals surface area contributed by atoms with Crippen LogP contribution < -0.4 is 15.5 Å². The molecule has 0 unspecified atom stereocenters. The first-order valence-electron chi connectivity index (χ1n) is 13.2. The van der Waals surface area contributed by atoms with E-state index in [1.165, 1.54) is 18.6 Å². The zero-order valence-electron chi connectivity index (χ0n) is 22.9. The minimum absolute atomic E-state index is 0.0532. The van der Waals surface area contributed by atoms with E-state index in [1.807, 2.05) is 0 Å². The van der Waals surface area contributed by atoms with Crippen LogP contribution >= 0.6 is 0 Å². The molecule has 11 nitrogen and oxygen atoms in total. The van der Waals surface area contributed by atoms with Crippen LogP contribution in [-0.2, 0) is 9.53 Å². The number of rotatable bonds is 7. The Balaban J connectivity index is 1.32. The Kier molecular flexibility index (Phi) is 9.08. The summed E-state index contributed by atoms with van der Waals surface area (Å²) >= 11 is 0. The SMILES string of the molecule is CC(C)(C)OC(=O)NCCNC(=O)c1cc(N2CC[C@@H](C(=O)N3N=CC[C@H]3c3cc(F)cc(F)c3)[C@@H](F)C2)ncn1. The summed E-state index contributed by atoms with van der Waals surface area (Å²) in [5, 5.41) is 10.3. The number of carbonyl (C=O) groups excluding carboxylic acids is 3. The van der Waals surface area contributed by atoms with Gasteiger partial charge in [0.05, 0.1) is 18.5 Å². The maximum Gasteiger partial charge on any atom is 0.407 e. The lowest BCUT2D eigenvalue weighted by Gasteiger charge is -2.36. The van der Waals surface area contributed by atoms with Gasteiger partial charge in [0.2, 0.25) is 5.91 Å². The van der Waals surface area contributed by atoms with Gasteiger partial charge in [-0.05, 0) is 44.9 Å². The van der Waals surface area contributed by atoms with Gasteiger partial charge in [-0.15, -0.1) is 0 Å². The minimum Gasteiger partial charge on any atom is -0.444 e. The van der Waals surface area contributed by atoms with Crippen molar-refractivity contribution in [3.8, 4) is 0 Å². The summed E-state index contributed by atoms with van der Waals surface area (Å²) in [7, 11) is 0. The normalized spacial score (nSPS) is 20.6. The fraction of sp³-hybridized carbons (Fsp3) is 0.481. The molecule has 2 aromatic rings. The van der Waals surface area contributed by atoms with Gasteiger partial charge >= 0.3 is 6.09 Å². The van der Waals surface area contributed by atoms with Crippen LogP contribution in [0, 0.1) is 17.6 Å². The molecule has 1 aromatic heterocycles. The van der Waals surface area contributed by atoms with Crippen molar-refractivity contribution in [2.75, 3.05) is 31.1 Å². The highest BCUT2D eigenvalue weighted by atomic mass is 19.1. The number of nitrogens with zero attached hydrogens (tertiary/aromatic N) is 5. The number of carbonyl (C=O) groups is 3. The molecule has 4 rings (SSSR count). The molecule has 0 aliphatic carbocycles. The average molecular weight is 576 g/mol. The number of nitrogens with one attached hydrogen (secondary N) is 2. The smallest absolute Gasteiger partial charge is 0.407 e. The molecule has 41 heavy (non-hydrogen) atoms. The topological polar surface area (TPSA) is 129 Å². The van der Waals surface area contributed by atoms with Gasteiger partial charge in [-0.1, -0.05) is 0 Å². The summed E-state index contributed by atoms with van der Waals surface area (Å²) in [6.45, 7) is 5.59. The van der Waals surface area contributed by atoms with Crippen LogP contribution in [0.15, 0.2) is 35.7 Å². The summed E-state index contributed by atoms with van der Waals surface area (Å²) in [6, 6.07) is 3.72. The number of ether oxygens (including phenoxy) is 1. The highest BCUT2D eigenvalue weighted by Gasteiger charge is 2.40. The van der Waals surface area contributed by atoms with E-state index in [0.29, 0.717) is 5.82 Å². The predicted octanol–water partition coefficient (Wildman–Crippen LogP) is 3.13. The van der Waals surface area contributed by atoms with Crippen molar-refractivity contribution in [3.05, 3.63) is 53.5 Å². The van der Waals surface area contributed by atoms with Crippen molar-refractivity contribution in [2.45, 2.75) is 51.4 Å². The van der Waals surface area contributed by atoms with Crippen LogP contribution in [0.25, 0.3) is 0 Å². The molecule has 0 bridgehead atoms. The molecule has 2 N–H and O–H groups in total. The first-order chi connectivity index (χ1) is 19.4. The summed E-state index contributed by atoms with van der Waals surface area (Å²) in [5.41, 5.74) is -0.342. The summed E-state index contributed by atoms with van der Waals surface area (Å²) in [6.07, 6.45) is 0.868. The molecule has 0 radical (unpaired) electrons. The van der Waals surface area contributed by atoms with Crippen LogP contribution in [0.1, 0.15) is 55.7 Å². The molecule has 0 spiro atoms. The van der Waals surface area contributed by atoms with E-state index >= 15 is 4.39 Å². The van der Waals surface area contributed by atoms with E-state index in [1.54, 1.807) is 25.7 Å².